The van der Waals surface area contributed by atoms with Crippen LogP contribution in [0.15, 0.2) is 36.4 Å². The molecule has 0 saturated heterocycles. The van der Waals surface area contributed by atoms with Crippen LogP contribution in [0.3, 0.4) is 0 Å². The van der Waals surface area contributed by atoms with E-state index in [2.05, 4.69) is 0 Å². The summed E-state index contributed by atoms with van der Waals surface area (Å²) < 4.78 is 32.3. The van der Waals surface area contributed by atoms with Crippen LogP contribution in [0.25, 0.3) is 0 Å². The summed E-state index contributed by atoms with van der Waals surface area (Å²) in [5.41, 5.74) is 0.0167. The van der Waals surface area contributed by atoms with Crippen LogP contribution in [-0.4, -0.2) is 28.4 Å². The maximum Gasteiger partial charge on any atom is 0.311 e. The highest BCUT2D eigenvalue weighted by atomic mass is 19.1. The number of hydrogen-bond acceptors (Lipinski definition) is 4. The standard InChI is InChI=1S/C19H18F2N2O4/c1-2-27-18-8-4-12(9-17(18)23(25)26)19(24)22(15-6-7-15)11-13-3-5-14(20)10-16(13)21/h3-5,8-10,15H,2,6-7,11H2,1H3. The average molecular weight is 376 g/mol. The molecule has 2 aromatic carbocycles. The van der Waals surface area contributed by atoms with E-state index in [-0.39, 0.29) is 41.8 Å². The molecule has 0 aromatic heterocycles. The van der Waals surface area contributed by atoms with E-state index >= 15 is 0 Å². The number of amides is 1. The summed E-state index contributed by atoms with van der Waals surface area (Å²) >= 11 is 0. The summed E-state index contributed by atoms with van der Waals surface area (Å²) in [6, 6.07) is 7.15. The fraction of sp³-hybridized carbons (Fsp3) is 0.316. The summed E-state index contributed by atoms with van der Waals surface area (Å²) in [6.07, 6.45) is 1.54. The van der Waals surface area contributed by atoms with Gasteiger partial charge in [-0.3, -0.25) is 14.9 Å². The number of nitrogens with zero attached hydrogens (tertiary/aromatic N) is 2. The van der Waals surface area contributed by atoms with Gasteiger partial charge in [0.1, 0.15) is 11.6 Å². The number of nitro benzene ring substituents is 1. The molecule has 27 heavy (non-hydrogen) atoms. The summed E-state index contributed by atoms with van der Waals surface area (Å²) in [4.78, 5) is 25.0. The van der Waals surface area contributed by atoms with Crippen molar-refractivity contribution in [3.05, 3.63) is 69.3 Å². The fourth-order valence-corrected chi connectivity index (χ4v) is 2.82. The third-order valence-electron chi connectivity index (χ3n) is 4.31. The summed E-state index contributed by atoms with van der Waals surface area (Å²) in [7, 11) is 0. The van der Waals surface area contributed by atoms with Crippen molar-refractivity contribution in [3.8, 4) is 5.75 Å². The molecule has 3 rings (SSSR count). The normalized spacial score (nSPS) is 13.3. The number of nitro groups is 1. The Morgan fingerprint density at radius 2 is 2.00 bits per heavy atom. The number of carbonyl (C=O) groups is 1. The first kappa shape index (κ1) is 18.8. The summed E-state index contributed by atoms with van der Waals surface area (Å²) in [6.45, 7) is 1.93. The monoisotopic (exact) mass is 376 g/mol. The smallest absolute Gasteiger partial charge is 0.311 e. The summed E-state index contributed by atoms with van der Waals surface area (Å²) in [5.74, 6) is -1.78. The Morgan fingerprint density at radius 1 is 1.26 bits per heavy atom. The number of benzene rings is 2. The van der Waals surface area contributed by atoms with Crippen LogP contribution in [0.4, 0.5) is 14.5 Å². The molecule has 0 N–H and O–H groups in total. The molecule has 1 amide bonds. The maximum absolute atomic E-state index is 14.0. The van der Waals surface area contributed by atoms with E-state index in [9.17, 15) is 23.7 Å². The van der Waals surface area contributed by atoms with Gasteiger partial charge in [0.15, 0.2) is 5.75 Å². The van der Waals surface area contributed by atoms with Crippen molar-refractivity contribution in [1.29, 1.82) is 0 Å². The predicted molar refractivity (Wildman–Crippen MR) is 93.5 cm³/mol. The SMILES string of the molecule is CCOc1ccc(C(=O)N(Cc2ccc(F)cc2F)C2CC2)cc1[N+](=O)[O-]. The number of rotatable bonds is 7. The molecular formula is C19H18F2N2O4. The number of halogens is 2. The molecule has 1 aliphatic rings. The Labute approximate surface area is 154 Å². The zero-order valence-electron chi connectivity index (χ0n) is 14.7. The van der Waals surface area contributed by atoms with Crippen LogP contribution in [0.2, 0.25) is 0 Å². The second-order valence-electron chi connectivity index (χ2n) is 6.27. The van der Waals surface area contributed by atoms with Gasteiger partial charge in [0, 0.05) is 35.8 Å². The Bertz CT molecular complexity index is 884. The van der Waals surface area contributed by atoms with Gasteiger partial charge < -0.3 is 9.64 Å². The van der Waals surface area contributed by atoms with Crippen molar-refractivity contribution in [2.24, 2.45) is 0 Å². The van der Waals surface area contributed by atoms with Gasteiger partial charge >= 0.3 is 5.69 Å². The molecule has 1 aliphatic carbocycles. The van der Waals surface area contributed by atoms with Crippen molar-refractivity contribution in [1.82, 2.24) is 4.90 Å². The van der Waals surface area contributed by atoms with Gasteiger partial charge in [0.2, 0.25) is 0 Å². The largest absolute Gasteiger partial charge is 0.487 e. The first-order valence-electron chi connectivity index (χ1n) is 8.56. The zero-order valence-corrected chi connectivity index (χ0v) is 14.7. The Balaban J connectivity index is 1.89. The topological polar surface area (TPSA) is 72.7 Å². The third-order valence-corrected chi connectivity index (χ3v) is 4.31. The second kappa shape index (κ2) is 7.69. The van der Waals surface area contributed by atoms with Crippen LogP contribution >= 0.6 is 0 Å². The molecule has 1 saturated carbocycles. The Kier molecular flexibility index (Phi) is 5.34. The van der Waals surface area contributed by atoms with E-state index in [1.165, 1.54) is 29.2 Å². The van der Waals surface area contributed by atoms with Crippen molar-refractivity contribution in [2.45, 2.75) is 32.4 Å². The second-order valence-corrected chi connectivity index (χ2v) is 6.27. The van der Waals surface area contributed by atoms with E-state index in [0.29, 0.717) is 0 Å². The minimum Gasteiger partial charge on any atom is -0.487 e. The number of hydrogen-bond donors (Lipinski definition) is 0. The van der Waals surface area contributed by atoms with Gasteiger partial charge in [-0.25, -0.2) is 8.78 Å². The number of carbonyl (C=O) groups excluding carboxylic acids is 1. The molecule has 0 atom stereocenters. The predicted octanol–water partition coefficient (Wildman–Crippen LogP) is 4.08. The van der Waals surface area contributed by atoms with Gasteiger partial charge in [-0.2, -0.15) is 0 Å². The highest BCUT2D eigenvalue weighted by Crippen LogP contribution is 2.33. The number of ether oxygens (including phenoxy) is 1. The molecule has 2 aromatic rings. The van der Waals surface area contributed by atoms with Gasteiger partial charge in [-0.1, -0.05) is 6.07 Å². The molecular weight excluding hydrogens is 358 g/mol. The molecule has 0 unspecified atom stereocenters. The van der Waals surface area contributed by atoms with Crippen LogP contribution in [-0.2, 0) is 6.54 Å². The summed E-state index contributed by atoms with van der Waals surface area (Å²) in [5, 5.41) is 11.3. The lowest BCUT2D eigenvalue weighted by Gasteiger charge is -2.23. The van der Waals surface area contributed by atoms with Crippen LogP contribution < -0.4 is 4.74 Å². The first-order chi connectivity index (χ1) is 12.9. The minimum absolute atomic E-state index is 0.0311. The third kappa shape index (κ3) is 4.21. The molecule has 0 aliphatic heterocycles. The van der Waals surface area contributed by atoms with Gasteiger partial charge in [0.25, 0.3) is 5.91 Å². The Hall–Kier alpha value is -3.03. The molecule has 8 heteroatoms. The molecule has 0 bridgehead atoms. The van der Waals surface area contributed by atoms with Gasteiger partial charge in [-0.15, -0.1) is 0 Å². The zero-order chi connectivity index (χ0) is 19.6. The van der Waals surface area contributed by atoms with Crippen molar-refractivity contribution >= 4 is 11.6 Å². The molecule has 0 radical (unpaired) electrons. The molecule has 0 heterocycles. The van der Waals surface area contributed by atoms with Crippen LogP contribution in [0.5, 0.6) is 5.75 Å². The van der Waals surface area contributed by atoms with Crippen molar-refractivity contribution in [3.63, 3.8) is 0 Å². The highest BCUT2D eigenvalue weighted by molar-refractivity contribution is 5.95. The fourth-order valence-electron chi connectivity index (χ4n) is 2.82. The first-order valence-corrected chi connectivity index (χ1v) is 8.56. The molecule has 1 fully saturated rings. The Morgan fingerprint density at radius 3 is 2.59 bits per heavy atom. The van der Waals surface area contributed by atoms with E-state index in [4.69, 9.17) is 4.74 Å². The van der Waals surface area contributed by atoms with Gasteiger partial charge in [0.05, 0.1) is 11.5 Å². The lowest BCUT2D eigenvalue weighted by atomic mass is 10.1. The molecule has 142 valence electrons. The maximum atomic E-state index is 14.0. The van der Waals surface area contributed by atoms with E-state index in [1.54, 1.807) is 6.92 Å². The molecule has 0 spiro atoms. The lowest BCUT2D eigenvalue weighted by Crippen LogP contribution is -2.33. The minimum atomic E-state index is -0.730. The van der Waals surface area contributed by atoms with E-state index in [1.807, 2.05) is 0 Å². The van der Waals surface area contributed by atoms with Crippen LogP contribution in [0, 0.1) is 21.7 Å². The van der Waals surface area contributed by atoms with Crippen molar-refractivity contribution in [2.75, 3.05) is 6.61 Å². The highest BCUT2D eigenvalue weighted by Gasteiger charge is 2.34. The van der Waals surface area contributed by atoms with E-state index < -0.39 is 22.5 Å². The van der Waals surface area contributed by atoms with Crippen LogP contribution in [0.1, 0.15) is 35.7 Å². The lowest BCUT2D eigenvalue weighted by molar-refractivity contribution is -0.385. The molecule has 6 nitrogen and oxygen atoms in total. The van der Waals surface area contributed by atoms with Crippen molar-refractivity contribution < 1.29 is 23.2 Å². The quantitative estimate of drug-likeness (QED) is 0.539. The van der Waals surface area contributed by atoms with Gasteiger partial charge in [-0.05, 0) is 38.0 Å². The average Bonchev–Trinajstić information content (AvgIpc) is 3.46. The van der Waals surface area contributed by atoms with E-state index in [0.717, 1.165) is 25.0 Å².